The van der Waals surface area contributed by atoms with Gasteiger partial charge in [-0.15, -0.1) is 0 Å². The van der Waals surface area contributed by atoms with Crippen molar-refractivity contribution in [1.29, 1.82) is 0 Å². The Labute approximate surface area is 127 Å². The fraction of sp³-hybridized carbons (Fsp3) is 0.588. The van der Waals surface area contributed by atoms with Gasteiger partial charge in [-0.1, -0.05) is 19.3 Å². The van der Waals surface area contributed by atoms with Crippen LogP contribution in [0.15, 0.2) is 18.2 Å². The van der Waals surface area contributed by atoms with Crippen molar-refractivity contribution < 1.29 is 14.3 Å². The summed E-state index contributed by atoms with van der Waals surface area (Å²) in [5, 5.41) is 0. The van der Waals surface area contributed by atoms with Gasteiger partial charge in [-0.2, -0.15) is 0 Å². The number of hydrogen-bond donors (Lipinski definition) is 0. The van der Waals surface area contributed by atoms with Gasteiger partial charge < -0.3 is 14.4 Å². The Kier molecular flexibility index (Phi) is 5.48. The Morgan fingerprint density at radius 3 is 2.57 bits per heavy atom. The van der Waals surface area contributed by atoms with Gasteiger partial charge in [-0.05, 0) is 38.0 Å². The minimum absolute atomic E-state index is 0.0607. The maximum atomic E-state index is 12.6. The molecule has 1 aliphatic carbocycles. The predicted octanol–water partition coefficient (Wildman–Crippen LogP) is 3.50. The number of hydrogen-bond acceptors (Lipinski definition) is 3. The first-order valence-corrected chi connectivity index (χ1v) is 7.75. The van der Waals surface area contributed by atoms with Crippen LogP contribution in [-0.2, 0) is 0 Å². The van der Waals surface area contributed by atoms with E-state index < -0.39 is 0 Å². The van der Waals surface area contributed by atoms with Crippen LogP contribution in [0.3, 0.4) is 0 Å². The maximum absolute atomic E-state index is 12.6. The molecule has 1 amide bonds. The van der Waals surface area contributed by atoms with Crippen molar-refractivity contribution in [3.8, 4) is 11.5 Å². The first-order chi connectivity index (χ1) is 10.2. The molecular formula is C17H25NO3. The minimum Gasteiger partial charge on any atom is -0.493 e. The molecule has 0 radical (unpaired) electrons. The molecule has 2 rings (SSSR count). The molecule has 1 saturated carbocycles. The van der Waals surface area contributed by atoms with E-state index in [1.54, 1.807) is 19.2 Å². The van der Waals surface area contributed by atoms with Gasteiger partial charge in [0.15, 0.2) is 11.5 Å². The summed E-state index contributed by atoms with van der Waals surface area (Å²) in [5.41, 5.74) is 0.660. The Hall–Kier alpha value is -1.71. The molecule has 0 unspecified atom stereocenters. The molecule has 1 fully saturated rings. The standard InChI is InChI=1S/C17H25NO3/c1-4-21-16-12-13(10-11-15(16)20-3)17(19)18(2)14-8-6-5-7-9-14/h10-12,14H,4-9H2,1-3H3. The summed E-state index contributed by atoms with van der Waals surface area (Å²) < 4.78 is 10.8. The van der Waals surface area contributed by atoms with E-state index in [9.17, 15) is 4.79 Å². The lowest BCUT2D eigenvalue weighted by Crippen LogP contribution is -2.38. The molecule has 1 aliphatic rings. The second-order valence-electron chi connectivity index (χ2n) is 5.51. The number of carbonyl (C=O) groups is 1. The van der Waals surface area contributed by atoms with Crippen LogP contribution >= 0.6 is 0 Å². The summed E-state index contributed by atoms with van der Waals surface area (Å²) >= 11 is 0. The fourth-order valence-corrected chi connectivity index (χ4v) is 2.92. The number of ether oxygens (including phenoxy) is 2. The summed E-state index contributed by atoms with van der Waals surface area (Å²) in [4.78, 5) is 14.5. The van der Waals surface area contributed by atoms with E-state index in [1.807, 2.05) is 24.9 Å². The van der Waals surface area contributed by atoms with Gasteiger partial charge >= 0.3 is 0 Å². The highest BCUT2D eigenvalue weighted by molar-refractivity contribution is 5.95. The maximum Gasteiger partial charge on any atom is 0.253 e. The lowest BCUT2D eigenvalue weighted by molar-refractivity contribution is 0.0695. The van der Waals surface area contributed by atoms with Crippen molar-refractivity contribution in [2.75, 3.05) is 20.8 Å². The van der Waals surface area contributed by atoms with Gasteiger partial charge in [0.1, 0.15) is 0 Å². The average molecular weight is 291 g/mol. The van der Waals surface area contributed by atoms with E-state index in [4.69, 9.17) is 9.47 Å². The van der Waals surface area contributed by atoms with Crippen LogP contribution < -0.4 is 9.47 Å². The molecule has 0 saturated heterocycles. The summed E-state index contributed by atoms with van der Waals surface area (Å²) in [5.74, 6) is 1.35. The highest BCUT2D eigenvalue weighted by atomic mass is 16.5. The Balaban J connectivity index is 2.15. The molecule has 0 aromatic heterocycles. The lowest BCUT2D eigenvalue weighted by Gasteiger charge is -2.31. The topological polar surface area (TPSA) is 38.8 Å². The van der Waals surface area contributed by atoms with Crippen molar-refractivity contribution in [3.63, 3.8) is 0 Å². The normalized spacial score (nSPS) is 15.6. The summed E-state index contributed by atoms with van der Waals surface area (Å²) in [7, 11) is 3.51. The third-order valence-electron chi connectivity index (χ3n) is 4.15. The van der Waals surface area contributed by atoms with E-state index in [0.717, 1.165) is 12.8 Å². The SMILES string of the molecule is CCOc1cc(C(=O)N(C)C2CCCCC2)ccc1OC. The van der Waals surface area contributed by atoms with Crippen molar-refractivity contribution in [3.05, 3.63) is 23.8 Å². The average Bonchev–Trinajstić information content (AvgIpc) is 2.54. The zero-order chi connectivity index (χ0) is 15.2. The van der Waals surface area contributed by atoms with Crippen LogP contribution in [-0.4, -0.2) is 37.6 Å². The lowest BCUT2D eigenvalue weighted by atomic mass is 9.94. The second-order valence-corrected chi connectivity index (χ2v) is 5.51. The van der Waals surface area contributed by atoms with Crippen LogP contribution in [0, 0.1) is 0 Å². The smallest absolute Gasteiger partial charge is 0.253 e. The molecule has 1 aromatic rings. The Bertz CT molecular complexity index is 481. The third kappa shape index (κ3) is 3.69. The zero-order valence-electron chi connectivity index (χ0n) is 13.2. The highest BCUT2D eigenvalue weighted by Gasteiger charge is 2.23. The Morgan fingerprint density at radius 2 is 1.95 bits per heavy atom. The van der Waals surface area contributed by atoms with Crippen molar-refractivity contribution >= 4 is 5.91 Å². The summed E-state index contributed by atoms with van der Waals surface area (Å²) in [6.07, 6.45) is 5.94. The molecule has 4 heteroatoms. The number of rotatable bonds is 5. The van der Waals surface area contributed by atoms with Crippen LogP contribution in [0.5, 0.6) is 11.5 Å². The van der Waals surface area contributed by atoms with Crippen LogP contribution in [0.1, 0.15) is 49.4 Å². The van der Waals surface area contributed by atoms with E-state index in [1.165, 1.54) is 19.3 Å². The molecule has 21 heavy (non-hydrogen) atoms. The van der Waals surface area contributed by atoms with E-state index >= 15 is 0 Å². The molecule has 4 nitrogen and oxygen atoms in total. The van der Waals surface area contributed by atoms with Crippen molar-refractivity contribution in [2.24, 2.45) is 0 Å². The van der Waals surface area contributed by atoms with Gasteiger partial charge in [-0.25, -0.2) is 0 Å². The number of methoxy groups -OCH3 is 1. The van der Waals surface area contributed by atoms with Gasteiger partial charge in [-0.3, -0.25) is 4.79 Å². The van der Waals surface area contributed by atoms with Crippen LogP contribution in [0.2, 0.25) is 0 Å². The largest absolute Gasteiger partial charge is 0.493 e. The minimum atomic E-state index is 0.0607. The van der Waals surface area contributed by atoms with E-state index in [-0.39, 0.29) is 5.91 Å². The van der Waals surface area contributed by atoms with E-state index in [2.05, 4.69) is 0 Å². The Morgan fingerprint density at radius 1 is 1.24 bits per heavy atom. The van der Waals surface area contributed by atoms with Gasteiger partial charge in [0.2, 0.25) is 0 Å². The van der Waals surface area contributed by atoms with Crippen LogP contribution in [0.4, 0.5) is 0 Å². The van der Waals surface area contributed by atoms with Gasteiger partial charge in [0.25, 0.3) is 5.91 Å². The second kappa shape index (κ2) is 7.34. The number of carbonyl (C=O) groups excluding carboxylic acids is 1. The van der Waals surface area contributed by atoms with Crippen molar-refractivity contribution in [2.45, 2.75) is 45.1 Å². The zero-order valence-corrected chi connectivity index (χ0v) is 13.2. The van der Waals surface area contributed by atoms with Crippen molar-refractivity contribution in [1.82, 2.24) is 4.90 Å². The quantitative estimate of drug-likeness (QED) is 0.833. The predicted molar refractivity (Wildman–Crippen MR) is 83.1 cm³/mol. The summed E-state index contributed by atoms with van der Waals surface area (Å²) in [6.45, 7) is 2.47. The molecule has 0 atom stereocenters. The first-order valence-electron chi connectivity index (χ1n) is 7.75. The van der Waals surface area contributed by atoms with Gasteiger partial charge in [0, 0.05) is 18.7 Å². The molecular weight excluding hydrogens is 266 g/mol. The molecule has 0 spiro atoms. The fourth-order valence-electron chi connectivity index (χ4n) is 2.92. The number of benzene rings is 1. The third-order valence-corrected chi connectivity index (χ3v) is 4.15. The monoisotopic (exact) mass is 291 g/mol. The van der Waals surface area contributed by atoms with E-state index in [0.29, 0.717) is 29.7 Å². The molecule has 0 N–H and O–H groups in total. The summed E-state index contributed by atoms with van der Waals surface area (Å²) in [6, 6.07) is 5.75. The first kappa shape index (κ1) is 15.7. The molecule has 116 valence electrons. The highest BCUT2D eigenvalue weighted by Crippen LogP contribution is 2.29. The van der Waals surface area contributed by atoms with Gasteiger partial charge in [0.05, 0.1) is 13.7 Å². The number of amides is 1. The molecule has 0 bridgehead atoms. The molecule has 1 aromatic carbocycles. The molecule has 0 aliphatic heterocycles. The molecule has 0 heterocycles. The van der Waals surface area contributed by atoms with Crippen LogP contribution in [0.25, 0.3) is 0 Å². The number of nitrogens with zero attached hydrogens (tertiary/aromatic N) is 1.